The Morgan fingerprint density at radius 3 is 2.00 bits per heavy atom. The second-order valence-electron chi connectivity index (χ2n) is 3.48. The van der Waals surface area contributed by atoms with Gasteiger partial charge in [-0.2, -0.15) is 0 Å². The molecule has 0 radical (unpaired) electrons. The smallest absolute Gasteiger partial charge is 0.128 e. The third kappa shape index (κ3) is 1.35. The summed E-state index contributed by atoms with van der Waals surface area (Å²) in [5, 5.41) is 0. The Balaban J connectivity index is 2.83. The second kappa shape index (κ2) is 3.01. The van der Waals surface area contributed by atoms with Crippen molar-refractivity contribution >= 4 is 11.0 Å². The van der Waals surface area contributed by atoms with Crippen molar-refractivity contribution in [1.29, 1.82) is 0 Å². The molecule has 0 saturated heterocycles. The van der Waals surface area contributed by atoms with E-state index in [4.69, 9.17) is 0 Å². The van der Waals surface area contributed by atoms with Crippen molar-refractivity contribution in [2.24, 2.45) is 0 Å². The summed E-state index contributed by atoms with van der Waals surface area (Å²) in [6.07, 6.45) is 0. The molecular weight excluding hydrogens is 179 g/mol. The third-order valence-electron chi connectivity index (χ3n) is 2.36. The molecule has 2 nitrogen and oxygen atoms in total. The molecule has 1 aromatic heterocycles. The molecule has 3 heteroatoms. The van der Waals surface area contributed by atoms with Crippen LogP contribution >= 0.6 is 0 Å². The van der Waals surface area contributed by atoms with Crippen LogP contribution in [0.4, 0.5) is 4.39 Å². The number of hydrogen-bond acceptors (Lipinski definition) is 2. The fraction of sp³-hybridized carbons (Fsp3) is 0.273. The topological polar surface area (TPSA) is 25.8 Å². The average Bonchev–Trinajstić information content (AvgIpc) is 2.11. The molecule has 0 atom stereocenters. The van der Waals surface area contributed by atoms with E-state index in [1.807, 2.05) is 13.8 Å². The molecule has 2 aromatic rings. The van der Waals surface area contributed by atoms with E-state index in [0.29, 0.717) is 11.1 Å². The molecule has 0 aliphatic heterocycles. The van der Waals surface area contributed by atoms with Crippen molar-refractivity contribution in [2.75, 3.05) is 0 Å². The van der Waals surface area contributed by atoms with Crippen LogP contribution in [0, 0.1) is 26.6 Å². The lowest BCUT2D eigenvalue weighted by atomic mass is 10.2. The van der Waals surface area contributed by atoms with Crippen molar-refractivity contribution in [1.82, 2.24) is 9.97 Å². The van der Waals surface area contributed by atoms with Crippen molar-refractivity contribution < 1.29 is 4.39 Å². The number of rotatable bonds is 0. The van der Waals surface area contributed by atoms with E-state index in [1.165, 1.54) is 6.07 Å². The molecule has 2 rings (SSSR count). The molecule has 0 aliphatic carbocycles. The summed E-state index contributed by atoms with van der Waals surface area (Å²) in [5.74, 6) is -0.227. The zero-order chi connectivity index (χ0) is 10.3. The van der Waals surface area contributed by atoms with E-state index in [-0.39, 0.29) is 5.82 Å². The Kier molecular flexibility index (Phi) is 1.95. The highest BCUT2D eigenvalue weighted by Gasteiger charge is 2.04. The van der Waals surface area contributed by atoms with Gasteiger partial charge < -0.3 is 0 Å². The van der Waals surface area contributed by atoms with Gasteiger partial charge in [-0.05, 0) is 32.4 Å². The molecule has 0 spiro atoms. The van der Waals surface area contributed by atoms with Gasteiger partial charge in [0.05, 0.1) is 22.4 Å². The first kappa shape index (κ1) is 9.06. The minimum absolute atomic E-state index is 0.227. The fourth-order valence-electron chi connectivity index (χ4n) is 1.36. The Morgan fingerprint density at radius 2 is 1.43 bits per heavy atom. The first-order valence-corrected chi connectivity index (χ1v) is 4.49. The van der Waals surface area contributed by atoms with Crippen LogP contribution in [-0.4, -0.2) is 9.97 Å². The first-order chi connectivity index (χ1) is 6.58. The Labute approximate surface area is 81.8 Å². The van der Waals surface area contributed by atoms with Crippen molar-refractivity contribution in [2.45, 2.75) is 20.8 Å². The predicted molar refractivity (Wildman–Crippen MR) is 53.7 cm³/mol. The summed E-state index contributed by atoms with van der Waals surface area (Å²) < 4.78 is 13.2. The van der Waals surface area contributed by atoms with Crippen molar-refractivity contribution in [3.8, 4) is 0 Å². The number of aromatic nitrogens is 2. The summed E-state index contributed by atoms with van der Waals surface area (Å²) in [5.41, 5.74) is 3.72. The van der Waals surface area contributed by atoms with Crippen LogP contribution in [0.25, 0.3) is 11.0 Å². The molecule has 0 unspecified atom stereocenters. The van der Waals surface area contributed by atoms with Crippen LogP contribution in [0.2, 0.25) is 0 Å². The van der Waals surface area contributed by atoms with Crippen LogP contribution in [0.3, 0.4) is 0 Å². The van der Waals surface area contributed by atoms with Crippen molar-refractivity contribution in [3.05, 3.63) is 34.9 Å². The van der Waals surface area contributed by atoms with Crippen LogP contribution in [0.5, 0.6) is 0 Å². The number of fused-ring (bicyclic) bond motifs is 1. The van der Waals surface area contributed by atoms with Crippen molar-refractivity contribution in [3.63, 3.8) is 0 Å². The van der Waals surface area contributed by atoms with Gasteiger partial charge in [-0.15, -0.1) is 0 Å². The van der Waals surface area contributed by atoms with Crippen LogP contribution in [0.15, 0.2) is 12.1 Å². The number of halogens is 1. The van der Waals surface area contributed by atoms with Gasteiger partial charge in [0.1, 0.15) is 5.82 Å². The van der Waals surface area contributed by atoms with Crippen LogP contribution in [0.1, 0.15) is 17.0 Å². The normalized spacial score (nSPS) is 10.9. The quantitative estimate of drug-likeness (QED) is 0.638. The van der Waals surface area contributed by atoms with Gasteiger partial charge in [0.25, 0.3) is 0 Å². The summed E-state index contributed by atoms with van der Waals surface area (Å²) in [4.78, 5) is 8.62. The van der Waals surface area contributed by atoms with E-state index in [0.717, 1.165) is 16.9 Å². The van der Waals surface area contributed by atoms with Gasteiger partial charge in [-0.1, -0.05) is 0 Å². The lowest BCUT2D eigenvalue weighted by molar-refractivity contribution is 0.620. The SMILES string of the molecule is Cc1cc2nc(C)c(C)nc2cc1F. The molecule has 14 heavy (non-hydrogen) atoms. The molecule has 0 N–H and O–H groups in total. The molecule has 0 bridgehead atoms. The monoisotopic (exact) mass is 190 g/mol. The minimum atomic E-state index is -0.227. The Hall–Kier alpha value is -1.51. The van der Waals surface area contributed by atoms with Gasteiger partial charge in [0.2, 0.25) is 0 Å². The summed E-state index contributed by atoms with van der Waals surface area (Å²) >= 11 is 0. The zero-order valence-corrected chi connectivity index (χ0v) is 8.43. The average molecular weight is 190 g/mol. The first-order valence-electron chi connectivity index (χ1n) is 4.49. The maximum absolute atomic E-state index is 13.2. The minimum Gasteiger partial charge on any atom is -0.250 e. The molecule has 0 aliphatic rings. The van der Waals surface area contributed by atoms with E-state index in [2.05, 4.69) is 9.97 Å². The molecule has 0 fully saturated rings. The number of aryl methyl sites for hydroxylation is 3. The predicted octanol–water partition coefficient (Wildman–Crippen LogP) is 2.69. The fourth-order valence-corrected chi connectivity index (χ4v) is 1.36. The van der Waals surface area contributed by atoms with Gasteiger partial charge >= 0.3 is 0 Å². The Bertz CT molecular complexity index is 417. The lowest BCUT2D eigenvalue weighted by Crippen LogP contribution is -1.95. The van der Waals surface area contributed by atoms with E-state index in [9.17, 15) is 4.39 Å². The molecule has 1 aromatic carbocycles. The molecular formula is C11H11FN2. The number of hydrogen-bond donors (Lipinski definition) is 0. The standard InChI is InChI=1S/C11H11FN2/c1-6-4-10-11(5-9(6)12)14-8(3)7(2)13-10/h4-5H,1-3H3. The highest BCUT2D eigenvalue weighted by Crippen LogP contribution is 2.16. The van der Waals surface area contributed by atoms with Gasteiger partial charge in [0, 0.05) is 6.07 Å². The maximum Gasteiger partial charge on any atom is 0.128 e. The van der Waals surface area contributed by atoms with Crippen LogP contribution in [-0.2, 0) is 0 Å². The summed E-state index contributed by atoms with van der Waals surface area (Å²) in [7, 11) is 0. The van der Waals surface area contributed by atoms with E-state index < -0.39 is 0 Å². The maximum atomic E-state index is 13.2. The number of benzene rings is 1. The van der Waals surface area contributed by atoms with Crippen LogP contribution < -0.4 is 0 Å². The molecule has 0 amide bonds. The molecule has 1 heterocycles. The van der Waals surface area contributed by atoms with Gasteiger partial charge in [0.15, 0.2) is 0 Å². The second-order valence-corrected chi connectivity index (χ2v) is 3.48. The highest BCUT2D eigenvalue weighted by molar-refractivity contribution is 5.75. The summed E-state index contributed by atoms with van der Waals surface area (Å²) in [6, 6.07) is 3.16. The zero-order valence-electron chi connectivity index (χ0n) is 8.43. The number of nitrogens with zero attached hydrogens (tertiary/aromatic N) is 2. The van der Waals surface area contributed by atoms with Gasteiger partial charge in [-0.25, -0.2) is 14.4 Å². The molecule has 72 valence electrons. The summed E-state index contributed by atoms with van der Waals surface area (Å²) in [6.45, 7) is 5.51. The highest BCUT2D eigenvalue weighted by atomic mass is 19.1. The Morgan fingerprint density at radius 1 is 0.929 bits per heavy atom. The third-order valence-corrected chi connectivity index (χ3v) is 2.36. The lowest BCUT2D eigenvalue weighted by Gasteiger charge is -2.03. The molecule has 0 saturated carbocycles. The van der Waals surface area contributed by atoms with E-state index >= 15 is 0 Å². The largest absolute Gasteiger partial charge is 0.250 e. The van der Waals surface area contributed by atoms with E-state index in [1.54, 1.807) is 13.0 Å². The van der Waals surface area contributed by atoms with Gasteiger partial charge in [-0.3, -0.25) is 0 Å².